The van der Waals surface area contributed by atoms with Crippen molar-refractivity contribution >= 4 is 11.1 Å². The van der Waals surface area contributed by atoms with E-state index < -0.39 is 0 Å². The van der Waals surface area contributed by atoms with Crippen LogP contribution in [-0.2, 0) is 0 Å². The van der Waals surface area contributed by atoms with Gasteiger partial charge in [0.05, 0.1) is 0 Å². The third-order valence-corrected chi connectivity index (χ3v) is 2.21. The van der Waals surface area contributed by atoms with Gasteiger partial charge in [-0.15, -0.1) is 0 Å². The average molecular weight is 133 g/mol. The maximum absolute atomic E-state index is 3.47. The Morgan fingerprint density at radius 3 is 2.50 bits per heavy atom. The smallest absolute Gasteiger partial charge is 0.00694 e. The lowest BCUT2D eigenvalue weighted by Crippen LogP contribution is -2.11. The van der Waals surface area contributed by atoms with Crippen molar-refractivity contribution in [2.24, 2.45) is 5.92 Å². The van der Waals surface area contributed by atoms with Crippen molar-refractivity contribution in [3.8, 4) is 0 Å². The second-order valence-corrected chi connectivity index (χ2v) is 4.81. The molecule has 0 bridgehead atoms. The molecule has 0 aromatic heterocycles. The molecule has 0 aromatic rings. The predicted octanol–water partition coefficient (Wildman–Crippen LogP) is 1.16. The van der Waals surface area contributed by atoms with Crippen molar-refractivity contribution in [2.75, 3.05) is 19.1 Å². The second kappa shape index (κ2) is 2.74. The molecule has 1 saturated carbocycles. The predicted molar refractivity (Wildman–Crippen MR) is 41.6 cm³/mol. The van der Waals surface area contributed by atoms with Crippen LogP contribution in [0.25, 0.3) is 0 Å². The molecule has 1 fully saturated rings. The first kappa shape index (κ1) is 6.43. The Balaban J connectivity index is 1.87. The van der Waals surface area contributed by atoms with E-state index in [1.54, 1.807) is 0 Å². The molecule has 1 rings (SSSR count). The summed E-state index contributed by atoms with van der Waals surface area (Å²) in [5.74, 6) is 1.04. The Kier molecular flexibility index (Phi) is 2.20. The first-order valence-corrected chi connectivity index (χ1v) is 5.43. The minimum absolute atomic E-state index is 0.157. The van der Waals surface area contributed by atoms with Crippen LogP contribution in [0.2, 0.25) is 0 Å². The molecule has 0 spiro atoms. The summed E-state index contributed by atoms with van der Waals surface area (Å²) in [5.41, 5.74) is 0. The molecule has 0 saturated heterocycles. The van der Waals surface area contributed by atoms with Crippen molar-refractivity contribution in [1.29, 1.82) is 0 Å². The van der Waals surface area contributed by atoms with Gasteiger partial charge in [0, 0.05) is 6.54 Å². The molecule has 50 valence electrons. The van der Waals surface area contributed by atoms with E-state index in [2.05, 4.69) is 17.2 Å². The Labute approximate surface area is 54.3 Å². The van der Waals surface area contributed by atoms with E-state index >= 15 is 0 Å². The molecular formula is C6H15NS. The maximum Gasteiger partial charge on any atom is 0.00694 e. The second-order valence-electron chi connectivity index (χ2n) is 2.70. The van der Waals surface area contributed by atoms with E-state index in [9.17, 15) is 0 Å². The highest BCUT2D eigenvalue weighted by molar-refractivity contribution is 8.14. The molecular weight excluding hydrogens is 118 g/mol. The van der Waals surface area contributed by atoms with Gasteiger partial charge in [0.15, 0.2) is 0 Å². The maximum atomic E-state index is 3.47. The van der Waals surface area contributed by atoms with Gasteiger partial charge >= 0.3 is 0 Å². The van der Waals surface area contributed by atoms with E-state index in [-0.39, 0.29) is 11.1 Å². The molecule has 0 unspecified atom stereocenters. The fourth-order valence-corrected chi connectivity index (χ4v) is 1.26. The Morgan fingerprint density at radius 2 is 2.12 bits per heavy atom. The molecule has 0 atom stereocenters. The Morgan fingerprint density at radius 1 is 1.50 bits per heavy atom. The first-order chi connectivity index (χ1) is 3.79. The van der Waals surface area contributed by atoms with Crippen molar-refractivity contribution in [1.82, 2.24) is 4.72 Å². The van der Waals surface area contributed by atoms with Crippen molar-refractivity contribution < 1.29 is 0 Å². The molecule has 2 heteroatoms. The quantitative estimate of drug-likeness (QED) is 0.551. The zero-order valence-corrected chi connectivity index (χ0v) is 6.54. The van der Waals surface area contributed by atoms with Gasteiger partial charge in [0.25, 0.3) is 0 Å². The average Bonchev–Trinajstić information content (AvgIpc) is 2.41. The van der Waals surface area contributed by atoms with Crippen LogP contribution in [0.3, 0.4) is 0 Å². The number of hydrogen-bond acceptors (Lipinski definition) is 1. The van der Waals surface area contributed by atoms with Gasteiger partial charge in [-0.05, 0) is 31.3 Å². The lowest BCUT2D eigenvalue weighted by Gasteiger charge is -2.09. The fraction of sp³-hybridized carbons (Fsp3) is 1.00. The van der Waals surface area contributed by atoms with Gasteiger partial charge in [-0.25, -0.2) is 11.1 Å². The van der Waals surface area contributed by atoms with Crippen molar-refractivity contribution in [3.05, 3.63) is 0 Å². The summed E-state index contributed by atoms with van der Waals surface area (Å²) >= 11 is 0.157. The molecule has 0 amide bonds. The highest BCUT2D eigenvalue weighted by Gasteiger charge is 2.20. The SMILES string of the molecule is C[SH](C)NCC1CC1. The number of hydrogen-bond donors (Lipinski definition) is 2. The van der Waals surface area contributed by atoms with Gasteiger partial charge in [-0.2, -0.15) is 0 Å². The number of thiol groups is 1. The molecule has 0 aliphatic heterocycles. The van der Waals surface area contributed by atoms with Gasteiger partial charge in [0.1, 0.15) is 0 Å². The van der Waals surface area contributed by atoms with Gasteiger partial charge in [-0.1, -0.05) is 0 Å². The molecule has 1 nitrogen and oxygen atoms in total. The Hall–Kier alpha value is 0.310. The van der Waals surface area contributed by atoms with Crippen LogP contribution in [-0.4, -0.2) is 19.1 Å². The number of rotatable bonds is 3. The lowest BCUT2D eigenvalue weighted by atomic mass is 10.4. The van der Waals surface area contributed by atoms with Crippen LogP contribution in [0.5, 0.6) is 0 Å². The summed E-state index contributed by atoms with van der Waals surface area (Å²) in [4.78, 5) is 0. The standard InChI is InChI=1S/C6H15NS/c1-8(2)7-5-6-3-4-6/h6-8H,3-5H2,1-2H3. The Bertz CT molecular complexity index is 66.9. The summed E-state index contributed by atoms with van der Waals surface area (Å²) in [6.07, 6.45) is 7.46. The highest BCUT2D eigenvalue weighted by Crippen LogP contribution is 2.28. The van der Waals surface area contributed by atoms with Crippen LogP contribution in [0.1, 0.15) is 12.8 Å². The van der Waals surface area contributed by atoms with Gasteiger partial charge in [-0.3, -0.25) is 4.72 Å². The van der Waals surface area contributed by atoms with Crippen molar-refractivity contribution in [3.63, 3.8) is 0 Å². The van der Waals surface area contributed by atoms with Crippen LogP contribution in [0, 0.1) is 5.92 Å². The van der Waals surface area contributed by atoms with Crippen LogP contribution in [0.4, 0.5) is 0 Å². The summed E-state index contributed by atoms with van der Waals surface area (Å²) < 4.78 is 3.47. The topological polar surface area (TPSA) is 12.0 Å². The third kappa shape index (κ3) is 2.58. The first-order valence-electron chi connectivity index (χ1n) is 3.20. The summed E-state index contributed by atoms with van der Waals surface area (Å²) in [7, 11) is 0. The molecule has 0 aromatic carbocycles. The molecule has 1 aliphatic rings. The molecule has 8 heavy (non-hydrogen) atoms. The largest absolute Gasteiger partial charge is 0.284 e. The monoisotopic (exact) mass is 133 g/mol. The highest BCUT2D eigenvalue weighted by atomic mass is 32.2. The van der Waals surface area contributed by atoms with Crippen LogP contribution in [0.15, 0.2) is 0 Å². The zero-order valence-electron chi connectivity index (χ0n) is 5.65. The number of nitrogens with one attached hydrogen (secondary N) is 1. The molecule has 0 radical (unpaired) electrons. The lowest BCUT2D eigenvalue weighted by molar-refractivity contribution is 0.801. The van der Waals surface area contributed by atoms with Crippen LogP contribution >= 0.6 is 11.1 Å². The van der Waals surface area contributed by atoms with E-state index in [4.69, 9.17) is 0 Å². The third-order valence-electron chi connectivity index (χ3n) is 1.39. The summed E-state index contributed by atoms with van der Waals surface area (Å²) in [5, 5.41) is 0. The molecule has 1 N–H and O–H groups in total. The minimum Gasteiger partial charge on any atom is -0.284 e. The minimum atomic E-state index is 0.157. The van der Waals surface area contributed by atoms with E-state index in [1.165, 1.54) is 19.4 Å². The van der Waals surface area contributed by atoms with Crippen molar-refractivity contribution in [2.45, 2.75) is 12.8 Å². The van der Waals surface area contributed by atoms with E-state index in [0.29, 0.717) is 0 Å². The van der Waals surface area contributed by atoms with E-state index in [1.807, 2.05) is 0 Å². The van der Waals surface area contributed by atoms with Gasteiger partial charge < -0.3 is 0 Å². The summed E-state index contributed by atoms with van der Waals surface area (Å²) in [6, 6.07) is 0. The fourth-order valence-electron chi connectivity index (χ4n) is 0.634. The molecule has 1 aliphatic carbocycles. The molecule has 0 heterocycles. The summed E-state index contributed by atoms with van der Waals surface area (Å²) in [6.45, 7) is 1.28. The van der Waals surface area contributed by atoms with E-state index in [0.717, 1.165) is 5.92 Å². The zero-order chi connectivity index (χ0) is 5.98. The van der Waals surface area contributed by atoms with Gasteiger partial charge in [0.2, 0.25) is 0 Å². The normalized spacial score (nSPS) is 21.0. The van der Waals surface area contributed by atoms with Crippen LogP contribution < -0.4 is 4.72 Å².